The summed E-state index contributed by atoms with van der Waals surface area (Å²) in [5, 5.41) is 3.39. The maximum absolute atomic E-state index is 3.39. The summed E-state index contributed by atoms with van der Waals surface area (Å²) in [6.07, 6.45) is 2.29. The van der Waals surface area contributed by atoms with Crippen molar-refractivity contribution in [3.8, 4) is 11.1 Å². The Kier molecular flexibility index (Phi) is 3.69. The van der Waals surface area contributed by atoms with Gasteiger partial charge in [0.05, 0.1) is 0 Å². The van der Waals surface area contributed by atoms with Gasteiger partial charge in [-0.15, -0.1) is 0 Å². The molecule has 0 atom stereocenters. The van der Waals surface area contributed by atoms with Crippen LogP contribution in [0.5, 0.6) is 0 Å². The van der Waals surface area contributed by atoms with Gasteiger partial charge in [-0.1, -0.05) is 75.4 Å². The van der Waals surface area contributed by atoms with Crippen LogP contribution in [0.1, 0.15) is 31.9 Å². The molecule has 0 aliphatic carbocycles. The molecule has 2 aromatic carbocycles. The lowest BCUT2D eigenvalue weighted by Gasteiger charge is -2.19. The highest BCUT2D eigenvalue weighted by atomic mass is 14.9. The van der Waals surface area contributed by atoms with Gasteiger partial charge in [-0.3, -0.25) is 0 Å². The average molecular weight is 277 g/mol. The van der Waals surface area contributed by atoms with Gasteiger partial charge in [0.15, 0.2) is 0 Å². The van der Waals surface area contributed by atoms with E-state index in [0.29, 0.717) is 0 Å². The summed E-state index contributed by atoms with van der Waals surface area (Å²) in [6.45, 7) is 8.71. The highest BCUT2D eigenvalue weighted by molar-refractivity contribution is 5.82. The molecule has 21 heavy (non-hydrogen) atoms. The lowest BCUT2D eigenvalue weighted by atomic mass is 9.85. The SMILES string of the molecule is CC(C)(C)c1ccc(-c2ccccc2C2=CCNC2)cc1. The predicted octanol–water partition coefficient (Wildman–Crippen LogP) is 4.64. The molecule has 1 aliphatic heterocycles. The molecule has 108 valence electrons. The van der Waals surface area contributed by atoms with Gasteiger partial charge in [0.1, 0.15) is 0 Å². The summed E-state index contributed by atoms with van der Waals surface area (Å²) >= 11 is 0. The fourth-order valence-electron chi connectivity index (χ4n) is 2.84. The molecule has 0 bridgehead atoms. The maximum atomic E-state index is 3.39. The fraction of sp³-hybridized carbons (Fsp3) is 0.300. The zero-order valence-corrected chi connectivity index (χ0v) is 13.1. The van der Waals surface area contributed by atoms with Gasteiger partial charge in [-0.25, -0.2) is 0 Å². The zero-order valence-electron chi connectivity index (χ0n) is 13.1. The first-order valence-electron chi connectivity index (χ1n) is 7.66. The Morgan fingerprint density at radius 2 is 1.52 bits per heavy atom. The second-order valence-corrected chi connectivity index (χ2v) is 6.73. The van der Waals surface area contributed by atoms with Crippen molar-refractivity contribution in [1.29, 1.82) is 0 Å². The predicted molar refractivity (Wildman–Crippen MR) is 91.4 cm³/mol. The molecule has 1 nitrogen and oxygen atoms in total. The fourth-order valence-corrected chi connectivity index (χ4v) is 2.84. The van der Waals surface area contributed by atoms with E-state index in [1.54, 1.807) is 0 Å². The first kappa shape index (κ1) is 14.1. The van der Waals surface area contributed by atoms with E-state index >= 15 is 0 Å². The molecular formula is C20H23N. The quantitative estimate of drug-likeness (QED) is 0.843. The zero-order chi connectivity index (χ0) is 14.9. The first-order valence-corrected chi connectivity index (χ1v) is 7.66. The van der Waals surface area contributed by atoms with Crippen LogP contribution in [0, 0.1) is 0 Å². The third-order valence-corrected chi connectivity index (χ3v) is 4.14. The van der Waals surface area contributed by atoms with Crippen LogP contribution < -0.4 is 5.32 Å². The summed E-state index contributed by atoms with van der Waals surface area (Å²) in [6, 6.07) is 17.7. The van der Waals surface area contributed by atoms with Crippen molar-refractivity contribution in [2.24, 2.45) is 0 Å². The molecule has 0 aromatic heterocycles. The van der Waals surface area contributed by atoms with E-state index in [9.17, 15) is 0 Å². The van der Waals surface area contributed by atoms with E-state index in [0.717, 1.165) is 13.1 Å². The van der Waals surface area contributed by atoms with Crippen LogP contribution in [-0.4, -0.2) is 13.1 Å². The van der Waals surface area contributed by atoms with E-state index in [1.807, 2.05) is 0 Å². The normalized spacial score (nSPS) is 15.1. The van der Waals surface area contributed by atoms with Gasteiger partial charge < -0.3 is 5.32 Å². The Morgan fingerprint density at radius 3 is 2.10 bits per heavy atom. The van der Waals surface area contributed by atoms with E-state index in [-0.39, 0.29) is 5.41 Å². The Labute approximate surface area is 127 Å². The molecule has 0 amide bonds. The number of hydrogen-bond acceptors (Lipinski definition) is 1. The molecule has 1 heterocycles. The number of benzene rings is 2. The minimum atomic E-state index is 0.204. The van der Waals surface area contributed by atoms with Gasteiger partial charge in [0.2, 0.25) is 0 Å². The Balaban J connectivity index is 2.01. The molecule has 3 rings (SSSR count). The molecule has 0 saturated carbocycles. The van der Waals surface area contributed by atoms with Gasteiger partial charge >= 0.3 is 0 Å². The molecule has 0 fully saturated rings. The van der Waals surface area contributed by atoms with E-state index < -0.39 is 0 Å². The highest BCUT2D eigenvalue weighted by Gasteiger charge is 2.15. The molecule has 1 heteroatoms. The van der Waals surface area contributed by atoms with Gasteiger partial charge in [0.25, 0.3) is 0 Å². The summed E-state index contributed by atoms with van der Waals surface area (Å²) in [4.78, 5) is 0. The minimum Gasteiger partial charge on any atom is -0.309 e. The molecule has 0 saturated heterocycles. The summed E-state index contributed by atoms with van der Waals surface area (Å²) < 4.78 is 0. The van der Waals surface area contributed by atoms with Crippen molar-refractivity contribution < 1.29 is 0 Å². The lowest BCUT2D eigenvalue weighted by Crippen LogP contribution is -2.10. The first-order chi connectivity index (χ1) is 10.1. The second kappa shape index (κ2) is 5.50. The largest absolute Gasteiger partial charge is 0.309 e. The van der Waals surface area contributed by atoms with Gasteiger partial charge in [-0.2, -0.15) is 0 Å². The summed E-state index contributed by atoms with van der Waals surface area (Å²) in [5.41, 5.74) is 6.97. The Bertz CT molecular complexity index is 657. The van der Waals surface area contributed by atoms with Crippen LogP contribution in [0.15, 0.2) is 54.6 Å². The van der Waals surface area contributed by atoms with Crippen molar-refractivity contribution >= 4 is 5.57 Å². The lowest BCUT2D eigenvalue weighted by molar-refractivity contribution is 0.590. The van der Waals surface area contributed by atoms with Gasteiger partial charge in [-0.05, 0) is 33.2 Å². The summed E-state index contributed by atoms with van der Waals surface area (Å²) in [7, 11) is 0. The van der Waals surface area contributed by atoms with Crippen molar-refractivity contribution in [3.05, 3.63) is 65.7 Å². The standard InChI is InChI=1S/C20H23N/c1-20(2,3)17-10-8-15(9-11-17)18-6-4-5-7-19(18)16-12-13-21-14-16/h4-12,21H,13-14H2,1-3H3. The molecule has 1 aliphatic rings. The van der Waals surface area contributed by atoms with Crippen molar-refractivity contribution in [2.75, 3.05) is 13.1 Å². The maximum Gasteiger partial charge on any atom is 0.0211 e. The Morgan fingerprint density at radius 1 is 0.857 bits per heavy atom. The third kappa shape index (κ3) is 2.93. The van der Waals surface area contributed by atoms with Gasteiger partial charge in [0, 0.05) is 13.1 Å². The van der Waals surface area contributed by atoms with Crippen LogP contribution in [0.2, 0.25) is 0 Å². The van der Waals surface area contributed by atoms with E-state index in [2.05, 4.69) is 80.7 Å². The van der Waals surface area contributed by atoms with Crippen molar-refractivity contribution in [2.45, 2.75) is 26.2 Å². The number of rotatable bonds is 2. The molecule has 0 unspecified atom stereocenters. The van der Waals surface area contributed by atoms with Crippen LogP contribution in [0.25, 0.3) is 16.7 Å². The average Bonchev–Trinajstić information content (AvgIpc) is 3.01. The smallest absolute Gasteiger partial charge is 0.0211 e. The van der Waals surface area contributed by atoms with Crippen LogP contribution in [-0.2, 0) is 5.41 Å². The van der Waals surface area contributed by atoms with Crippen LogP contribution >= 0.6 is 0 Å². The minimum absolute atomic E-state index is 0.204. The monoisotopic (exact) mass is 277 g/mol. The molecule has 1 N–H and O–H groups in total. The third-order valence-electron chi connectivity index (χ3n) is 4.14. The molecule has 2 aromatic rings. The van der Waals surface area contributed by atoms with Crippen LogP contribution in [0.4, 0.5) is 0 Å². The second-order valence-electron chi connectivity index (χ2n) is 6.73. The van der Waals surface area contributed by atoms with E-state index in [1.165, 1.54) is 27.8 Å². The van der Waals surface area contributed by atoms with Crippen molar-refractivity contribution in [3.63, 3.8) is 0 Å². The summed E-state index contributed by atoms with van der Waals surface area (Å²) in [5.74, 6) is 0. The molecule has 0 radical (unpaired) electrons. The van der Waals surface area contributed by atoms with E-state index in [4.69, 9.17) is 0 Å². The number of nitrogens with one attached hydrogen (secondary N) is 1. The topological polar surface area (TPSA) is 12.0 Å². The highest BCUT2D eigenvalue weighted by Crippen LogP contribution is 2.31. The number of hydrogen-bond donors (Lipinski definition) is 1. The Hall–Kier alpha value is -1.86. The van der Waals surface area contributed by atoms with Crippen LogP contribution in [0.3, 0.4) is 0 Å². The molecular weight excluding hydrogens is 254 g/mol. The molecule has 0 spiro atoms. The van der Waals surface area contributed by atoms with Crippen molar-refractivity contribution in [1.82, 2.24) is 5.32 Å².